The maximum absolute atomic E-state index is 12.7. The number of hydrogen-bond acceptors (Lipinski definition) is 6. The van der Waals surface area contributed by atoms with Crippen LogP contribution in [0.1, 0.15) is 39.4 Å². The van der Waals surface area contributed by atoms with Crippen LogP contribution in [0.15, 0.2) is 78.6 Å². The molecule has 4 rings (SSSR count). The third kappa shape index (κ3) is 6.67. The summed E-state index contributed by atoms with van der Waals surface area (Å²) in [7, 11) is 0. The van der Waals surface area contributed by atoms with E-state index >= 15 is 0 Å². The van der Waals surface area contributed by atoms with Crippen LogP contribution >= 0.6 is 11.6 Å². The Labute approximate surface area is 231 Å². The smallest absolute Gasteiger partial charge is 0.416 e. The predicted octanol–water partition coefficient (Wildman–Crippen LogP) is 5.63. The molecule has 1 aliphatic heterocycles. The van der Waals surface area contributed by atoms with Gasteiger partial charge in [-0.2, -0.15) is 13.2 Å². The molecule has 0 radical (unpaired) electrons. The number of rotatable bonds is 7. The Bertz CT molecular complexity index is 1490. The number of carboxylic acid groups (broad SMARTS) is 1. The van der Waals surface area contributed by atoms with Gasteiger partial charge in [0.2, 0.25) is 0 Å². The first kappa shape index (κ1) is 28.4. The van der Waals surface area contributed by atoms with Crippen LogP contribution in [0.5, 0.6) is 17.2 Å². The minimum Gasteiger partial charge on any atom is -0.493 e. The third-order valence-electron chi connectivity index (χ3n) is 5.99. The topological polar surface area (TPSA) is 137 Å². The summed E-state index contributed by atoms with van der Waals surface area (Å²) in [5, 5.41) is 12.1. The summed E-state index contributed by atoms with van der Waals surface area (Å²) in [4.78, 5) is 24.1. The van der Waals surface area contributed by atoms with Gasteiger partial charge in [-0.3, -0.25) is 9.59 Å². The summed E-state index contributed by atoms with van der Waals surface area (Å²) in [6, 6.07) is 13.4. The van der Waals surface area contributed by atoms with Crippen molar-refractivity contribution in [1.82, 2.24) is 5.32 Å². The van der Waals surface area contributed by atoms with Gasteiger partial charge in [0, 0.05) is 22.9 Å². The Morgan fingerprint density at radius 1 is 1.02 bits per heavy atom. The van der Waals surface area contributed by atoms with E-state index in [1.54, 1.807) is 0 Å². The maximum Gasteiger partial charge on any atom is 0.416 e. The first-order chi connectivity index (χ1) is 18.9. The number of hydrogen-bond donors (Lipinski definition) is 4. The van der Waals surface area contributed by atoms with Crippen LogP contribution in [-0.2, 0) is 11.0 Å². The lowest BCUT2D eigenvalue weighted by molar-refractivity contribution is -0.139. The van der Waals surface area contributed by atoms with Gasteiger partial charge in [0.15, 0.2) is 0 Å². The second-order valence-electron chi connectivity index (χ2n) is 8.75. The van der Waals surface area contributed by atoms with Gasteiger partial charge in [0.1, 0.15) is 23.1 Å². The number of allylic oxidation sites excluding steroid dienone is 2. The summed E-state index contributed by atoms with van der Waals surface area (Å²) >= 11 is 6.32. The van der Waals surface area contributed by atoms with Crippen LogP contribution in [0.25, 0.3) is 5.70 Å². The SMILES string of the molecule is N/C(=C\C=C(/N)NC(=O)c1ccc(Oc2cc3c(cc2Cl)C(C(=O)O)CCO3)cc1)c1ccc(C(F)(F)F)cc1. The number of benzene rings is 3. The van der Waals surface area contributed by atoms with Crippen molar-refractivity contribution in [3.63, 3.8) is 0 Å². The summed E-state index contributed by atoms with van der Waals surface area (Å²) in [6.07, 6.45) is -1.44. The van der Waals surface area contributed by atoms with Crippen LogP contribution in [0.4, 0.5) is 13.2 Å². The monoisotopic (exact) mass is 573 g/mol. The average Bonchev–Trinajstić information content (AvgIpc) is 2.91. The highest BCUT2D eigenvalue weighted by atomic mass is 35.5. The second-order valence-corrected chi connectivity index (χ2v) is 9.16. The Balaban J connectivity index is 1.39. The number of alkyl halides is 3. The highest BCUT2D eigenvalue weighted by molar-refractivity contribution is 6.32. The highest BCUT2D eigenvalue weighted by Gasteiger charge is 2.30. The Kier molecular flexibility index (Phi) is 8.24. The van der Waals surface area contributed by atoms with Gasteiger partial charge in [-0.15, -0.1) is 0 Å². The van der Waals surface area contributed by atoms with Crippen molar-refractivity contribution in [1.29, 1.82) is 0 Å². The van der Waals surface area contributed by atoms with Gasteiger partial charge in [-0.25, -0.2) is 0 Å². The minimum absolute atomic E-state index is 0.0410. The fourth-order valence-corrected chi connectivity index (χ4v) is 4.11. The van der Waals surface area contributed by atoms with Crippen molar-refractivity contribution in [2.75, 3.05) is 6.61 Å². The number of nitrogens with one attached hydrogen (secondary N) is 1. The Morgan fingerprint density at radius 2 is 1.68 bits per heavy atom. The summed E-state index contributed by atoms with van der Waals surface area (Å²) in [5.41, 5.74) is 12.2. The molecule has 0 bridgehead atoms. The number of ether oxygens (including phenoxy) is 2. The van der Waals surface area contributed by atoms with Crippen molar-refractivity contribution in [2.24, 2.45) is 11.5 Å². The number of nitrogens with two attached hydrogens (primary N) is 2. The van der Waals surface area contributed by atoms with Crippen molar-refractivity contribution in [3.05, 3.63) is 106 Å². The molecule has 0 aromatic heterocycles. The van der Waals surface area contributed by atoms with Gasteiger partial charge < -0.3 is 31.4 Å². The average molecular weight is 574 g/mol. The molecule has 1 aliphatic rings. The van der Waals surface area contributed by atoms with Crippen LogP contribution in [0.2, 0.25) is 5.02 Å². The van der Waals surface area contributed by atoms with E-state index in [2.05, 4.69) is 5.32 Å². The van der Waals surface area contributed by atoms with Gasteiger partial charge >= 0.3 is 12.1 Å². The van der Waals surface area contributed by atoms with Gasteiger partial charge in [-0.05, 0) is 66.6 Å². The normalized spacial score (nSPS) is 15.6. The van der Waals surface area contributed by atoms with Crippen LogP contribution in [0.3, 0.4) is 0 Å². The molecule has 0 aliphatic carbocycles. The van der Waals surface area contributed by atoms with Gasteiger partial charge in [-0.1, -0.05) is 23.7 Å². The molecule has 0 saturated heterocycles. The lowest BCUT2D eigenvalue weighted by Gasteiger charge is -2.24. The van der Waals surface area contributed by atoms with E-state index in [1.807, 2.05) is 0 Å². The molecular formula is C28H23ClF3N3O5. The quantitative estimate of drug-likeness (QED) is 0.269. The van der Waals surface area contributed by atoms with E-state index in [-0.39, 0.29) is 34.5 Å². The summed E-state index contributed by atoms with van der Waals surface area (Å²) in [6.45, 7) is 0.254. The van der Waals surface area contributed by atoms with Crippen LogP contribution < -0.4 is 26.3 Å². The van der Waals surface area contributed by atoms with Crippen molar-refractivity contribution >= 4 is 29.2 Å². The molecule has 0 saturated carbocycles. The molecule has 12 heteroatoms. The van der Waals surface area contributed by atoms with E-state index in [0.29, 0.717) is 29.0 Å². The fourth-order valence-electron chi connectivity index (χ4n) is 3.90. The molecule has 3 aromatic carbocycles. The molecule has 0 fully saturated rings. The van der Waals surface area contributed by atoms with Crippen molar-refractivity contribution < 1.29 is 37.3 Å². The maximum atomic E-state index is 12.7. The molecule has 1 atom stereocenters. The predicted molar refractivity (Wildman–Crippen MR) is 142 cm³/mol. The Morgan fingerprint density at radius 3 is 2.30 bits per heavy atom. The molecular weight excluding hydrogens is 551 g/mol. The summed E-state index contributed by atoms with van der Waals surface area (Å²) in [5.74, 6) is -1.25. The minimum atomic E-state index is -4.45. The molecule has 1 unspecified atom stereocenters. The molecule has 8 nitrogen and oxygen atoms in total. The number of carbonyl (C=O) groups excluding carboxylic acids is 1. The third-order valence-corrected chi connectivity index (χ3v) is 6.29. The van der Waals surface area contributed by atoms with E-state index < -0.39 is 29.5 Å². The number of amides is 1. The molecule has 40 heavy (non-hydrogen) atoms. The first-order valence-electron chi connectivity index (χ1n) is 11.8. The lowest BCUT2D eigenvalue weighted by Crippen LogP contribution is -2.27. The molecule has 1 heterocycles. The van der Waals surface area contributed by atoms with Gasteiger partial charge in [0.05, 0.1) is 23.1 Å². The highest BCUT2D eigenvalue weighted by Crippen LogP contribution is 2.41. The Hall–Kier alpha value is -4.64. The number of carboxylic acids is 1. The lowest BCUT2D eigenvalue weighted by atomic mass is 9.93. The van der Waals surface area contributed by atoms with E-state index in [0.717, 1.165) is 12.1 Å². The number of halogens is 4. The molecule has 1 amide bonds. The second kappa shape index (κ2) is 11.6. The molecule has 0 spiro atoms. The summed E-state index contributed by atoms with van der Waals surface area (Å²) < 4.78 is 49.5. The standard InChI is InChI=1S/C28H23ClF3N3O5/c29-21-13-20-19(27(37)38)11-12-39-23(20)14-24(21)40-18-7-3-16(4-8-18)26(36)35-25(34)10-9-22(33)15-1-5-17(6-2-15)28(30,31)32/h1-10,13-14,19H,11-12,33-34H2,(H,35,36)(H,37,38)/b22-9-,25-10+. The zero-order chi connectivity index (χ0) is 29.0. The van der Waals surface area contributed by atoms with Crippen LogP contribution in [-0.4, -0.2) is 23.6 Å². The fraction of sp³-hybridized carbons (Fsp3) is 0.143. The van der Waals surface area contributed by atoms with Gasteiger partial charge in [0.25, 0.3) is 5.91 Å². The number of carbonyl (C=O) groups is 2. The molecule has 208 valence electrons. The molecule has 6 N–H and O–H groups in total. The van der Waals surface area contributed by atoms with Crippen LogP contribution in [0, 0.1) is 0 Å². The van der Waals surface area contributed by atoms with E-state index in [9.17, 15) is 27.9 Å². The largest absolute Gasteiger partial charge is 0.493 e. The zero-order valence-electron chi connectivity index (χ0n) is 20.7. The van der Waals surface area contributed by atoms with Crippen molar-refractivity contribution in [3.8, 4) is 17.2 Å². The van der Waals surface area contributed by atoms with Crippen molar-refractivity contribution in [2.45, 2.75) is 18.5 Å². The number of fused-ring (bicyclic) bond motifs is 1. The first-order valence-corrected chi connectivity index (χ1v) is 12.2. The van der Waals surface area contributed by atoms with E-state index in [4.69, 9.17) is 32.5 Å². The zero-order valence-corrected chi connectivity index (χ0v) is 21.4. The van der Waals surface area contributed by atoms with E-state index in [1.165, 1.54) is 60.7 Å². The molecule has 3 aromatic rings. The number of aliphatic carboxylic acids is 1.